The summed E-state index contributed by atoms with van der Waals surface area (Å²) in [5.41, 5.74) is 16.6. The zero-order valence-electron chi connectivity index (χ0n) is 19.0. The molecule has 3 aliphatic rings. The summed E-state index contributed by atoms with van der Waals surface area (Å²) in [4.78, 5) is 0. The van der Waals surface area contributed by atoms with Gasteiger partial charge in [-0.05, 0) is 92.0 Å². The minimum Gasteiger partial charge on any atom is -0.405 e. The van der Waals surface area contributed by atoms with Gasteiger partial charge >= 0.3 is 0 Å². The molecule has 2 heterocycles. The van der Waals surface area contributed by atoms with Crippen LogP contribution in [0.4, 0.5) is 0 Å². The van der Waals surface area contributed by atoms with Crippen LogP contribution in [-0.4, -0.2) is 15.6 Å². The van der Waals surface area contributed by atoms with Gasteiger partial charge in [0.1, 0.15) is 0 Å². The van der Waals surface area contributed by atoms with Gasteiger partial charge in [0.25, 0.3) is 0 Å². The van der Waals surface area contributed by atoms with E-state index >= 15 is 0 Å². The number of nitrogens with two attached hydrogens (primary N) is 1. The second-order valence-corrected chi connectivity index (χ2v) is 9.60. The van der Waals surface area contributed by atoms with Crippen LogP contribution in [0.5, 0.6) is 0 Å². The van der Waals surface area contributed by atoms with E-state index in [-0.39, 0.29) is 6.04 Å². The molecular weight excluding hydrogens is 380 g/mol. The van der Waals surface area contributed by atoms with Crippen LogP contribution in [0.2, 0.25) is 0 Å². The molecule has 2 saturated carbocycles. The molecule has 1 aliphatic heterocycles. The topological polar surface area (TPSA) is 46.2 Å². The summed E-state index contributed by atoms with van der Waals surface area (Å²) < 4.78 is 2.34. The summed E-state index contributed by atoms with van der Waals surface area (Å²) in [6.07, 6.45) is 17.5. The zero-order chi connectivity index (χ0) is 21.4. The lowest BCUT2D eigenvalue weighted by Gasteiger charge is -2.25. The molecule has 164 valence electrons. The first kappa shape index (κ1) is 20.4. The molecule has 0 saturated heterocycles. The number of rotatable bonds is 8. The van der Waals surface area contributed by atoms with E-state index in [9.17, 15) is 0 Å². The van der Waals surface area contributed by atoms with Gasteiger partial charge in [0.2, 0.25) is 0 Å². The zero-order valence-corrected chi connectivity index (χ0v) is 19.0. The molecule has 4 heteroatoms. The predicted octanol–water partition coefficient (Wildman–Crippen LogP) is 5.63. The Morgan fingerprint density at radius 2 is 2.03 bits per heavy atom. The Morgan fingerprint density at radius 3 is 2.71 bits per heavy atom. The number of fused-ring (bicyclic) bond motifs is 1. The molecule has 5 rings (SSSR count). The average molecular weight is 417 g/mol. The lowest BCUT2D eigenvalue weighted by molar-refractivity contribution is 0.274. The van der Waals surface area contributed by atoms with Crippen LogP contribution in [0.25, 0.3) is 10.9 Å². The molecule has 31 heavy (non-hydrogen) atoms. The molecule has 2 fully saturated rings. The second kappa shape index (κ2) is 8.58. The highest BCUT2D eigenvalue weighted by atomic mass is 15.5. The quantitative estimate of drug-likeness (QED) is 0.549. The Morgan fingerprint density at radius 1 is 1.19 bits per heavy atom. The van der Waals surface area contributed by atoms with E-state index in [1.807, 2.05) is 0 Å². The van der Waals surface area contributed by atoms with E-state index in [4.69, 9.17) is 5.73 Å². The molecule has 1 aromatic carbocycles. The first-order chi connectivity index (χ1) is 15.2. The molecule has 4 nitrogen and oxygen atoms in total. The normalized spacial score (nSPS) is 22.5. The van der Waals surface area contributed by atoms with Gasteiger partial charge < -0.3 is 15.3 Å². The number of hydrazine groups is 1. The van der Waals surface area contributed by atoms with Crippen LogP contribution >= 0.6 is 0 Å². The van der Waals surface area contributed by atoms with Gasteiger partial charge in [-0.25, -0.2) is 5.43 Å². The fourth-order valence-electron chi connectivity index (χ4n) is 5.19. The molecule has 0 amide bonds. The summed E-state index contributed by atoms with van der Waals surface area (Å²) >= 11 is 0. The number of nitrogens with zero attached hydrogens (tertiary/aromatic N) is 2. The molecule has 2 aliphatic carbocycles. The molecular formula is C27H36N4. The summed E-state index contributed by atoms with van der Waals surface area (Å²) in [6, 6.07) is 9.61. The molecule has 1 unspecified atom stereocenters. The maximum Gasteiger partial charge on any atom is 0.0740 e. The van der Waals surface area contributed by atoms with Gasteiger partial charge in [-0.15, -0.1) is 0 Å². The van der Waals surface area contributed by atoms with Crippen LogP contribution in [0, 0.1) is 5.92 Å². The average Bonchev–Trinajstić information content (AvgIpc) is 3.43. The number of benzene rings is 1. The van der Waals surface area contributed by atoms with E-state index in [2.05, 4.69) is 71.6 Å². The SMILES string of the molecule is CC/C=C(\CC1=CN(Cc2cc3cc(C4CCC4)ccc3n2C)NC1/C=C\N)C1CC1. The van der Waals surface area contributed by atoms with Crippen LogP contribution in [0.15, 0.2) is 60.0 Å². The molecule has 3 N–H and O–H groups in total. The number of allylic oxidation sites excluding steroid dienone is 2. The molecule has 0 radical (unpaired) electrons. The van der Waals surface area contributed by atoms with Gasteiger partial charge in [-0.2, -0.15) is 0 Å². The van der Waals surface area contributed by atoms with Crippen molar-refractivity contribution in [3.05, 3.63) is 71.2 Å². The monoisotopic (exact) mass is 416 g/mol. The third-order valence-electron chi connectivity index (χ3n) is 7.38. The number of aryl methyl sites for hydroxylation is 1. The predicted molar refractivity (Wildman–Crippen MR) is 129 cm³/mol. The standard InChI is InChI=1S/C27H36N4/c1-3-5-21(20-8-9-20)15-24-17-31(29-26(24)12-13-28)18-25-16-23-14-22(19-6-4-7-19)10-11-27(23)30(25)2/h5,10-14,16-17,19-20,26,29H,3-4,6-9,15,18,28H2,1-2H3/b13-12-,21-5+. The van der Waals surface area contributed by atoms with E-state index in [1.54, 1.807) is 11.8 Å². The Kier molecular flexibility index (Phi) is 5.66. The minimum atomic E-state index is 0.184. The van der Waals surface area contributed by atoms with E-state index < -0.39 is 0 Å². The fraction of sp³-hybridized carbons (Fsp3) is 0.481. The summed E-state index contributed by atoms with van der Waals surface area (Å²) in [5.74, 6) is 1.58. The number of hydrogen-bond donors (Lipinski definition) is 2. The first-order valence-corrected chi connectivity index (χ1v) is 12.0. The number of aromatic nitrogens is 1. The Bertz CT molecular complexity index is 1030. The van der Waals surface area contributed by atoms with Crippen LogP contribution in [0.1, 0.15) is 69.0 Å². The Hall–Kier alpha value is -2.46. The van der Waals surface area contributed by atoms with Crippen LogP contribution in [0.3, 0.4) is 0 Å². The highest BCUT2D eigenvalue weighted by molar-refractivity contribution is 5.82. The smallest absolute Gasteiger partial charge is 0.0740 e. The maximum absolute atomic E-state index is 5.77. The second-order valence-electron chi connectivity index (χ2n) is 9.60. The van der Waals surface area contributed by atoms with Crippen molar-refractivity contribution in [3.63, 3.8) is 0 Å². The minimum absolute atomic E-state index is 0.184. The van der Waals surface area contributed by atoms with Crippen molar-refractivity contribution in [2.24, 2.45) is 18.7 Å². The van der Waals surface area contributed by atoms with E-state index in [0.29, 0.717) is 0 Å². The number of hydrogen-bond acceptors (Lipinski definition) is 3. The van der Waals surface area contributed by atoms with Crippen molar-refractivity contribution in [1.29, 1.82) is 0 Å². The van der Waals surface area contributed by atoms with Gasteiger partial charge in [0, 0.05) is 29.8 Å². The van der Waals surface area contributed by atoms with E-state index in [0.717, 1.165) is 31.2 Å². The highest BCUT2D eigenvalue weighted by Gasteiger charge is 2.29. The molecule has 0 bridgehead atoms. The summed E-state index contributed by atoms with van der Waals surface area (Å²) in [5, 5.41) is 3.61. The van der Waals surface area contributed by atoms with Crippen LogP contribution < -0.4 is 11.2 Å². The lowest BCUT2D eigenvalue weighted by atomic mass is 9.80. The largest absolute Gasteiger partial charge is 0.405 e. The first-order valence-electron chi connectivity index (χ1n) is 12.0. The van der Waals surface area contributed by atoms with Gasteiger partial charge in [0.05, 0.1) is 12.6 Å². The van der Waals surface area contributed by atoms with Gasteiger partial charge in [-0.3, -0.25) is 0 Å². The van der Waals surface area contributed by atoms with Crippen molar-refractivity contribution in [3.8, 4) is 0 Å². The van der Waals surface area contributed by atoms with Gasteiger partial charge in [0.15, 0.2) is 0 Å². The van der Waals surface area contributed by atoms with Crippen molar-refractivity contribution < 1.29 is 0 Å². The molecule has 0 spiro atoms. The molecule has 1 atom stereocenters. The van der Waals surface area contributed by atoms with Gasteiger partial charge in [-0.1, -0.05) is 31.1 Å². The summed E-state index contributed by atoms with van der Waals surface area (Å²) in [6.45, 7) is 3.09. The third-order valence-corrected chi connectivity index (χ3v) is 7.38. The fourth-order valence-corrected chi connectivity index (χ4v) is 5.19. The maximum atomic E-state index is 5.77. The third kappa shape index (κ3) is 4.18. The van der Waals surface area contributed by atoms with E-state index in [1.165, 1.54) is 59.8 Å². The Labute approximate surface area is 186 Å². The Balaban J connectivity index is 1.36. The van der Waals surface area contributed by atoms with Crippen LogP contribution in [-0.2, 0) is 13.6 Å². The van der Waals surface area contributed by atoms with Crippen molar-refractivity contribution in [2.45, 2.75) is 70.4 Å². The lowest BCUT2D eigenvalue weighted by Crippen LogP contribution is -2.35. The number of nitrogens with one attached hydrogen (secondary N) is 1. The highest BCUT2D eigenvalue weighted by Crippen LogP contribution is 2.41. The van der Waals surface area contributed by atoms with Crippen molar-refractivity contribution >= 4 is 10.9 Å². The van der Waals surface area contributed by atoms with Crippen molar-refractivity contribution in [1.82, 2.24) is 15.0 Å². The van der Waals surface area contributed by atoms with Crippen molar-refractivity contribution in [2.75, 3.05) is 0 Å². The summed E-state index contributed by atoms with van der Waals surface area (Å²) in [7, 11) is 2.19. The molecule has 2 aromatic rings. The molecule has 1 aromatic heterocycles.